The fraction of sp³-hybridized carbons (Fsp3) is 0.562. The van der Waals surface area contributed by atoms with Gasteiger partial charge >= 0.3 is 5.97 Å². The largest absolute Gasteiger partial charge is 0.462 e. The van der Waals surface area contributed by atoms with Crippen LogP contribution in [0.15, 0.2) is 29.2 Å². The summed E-state index contributed by atoms with van der Waals surface area (Å²) in [4.78, 5) is 11.8. The van der Waals surface area contributed by atoms with Gasteiger partial charge in [-0.25, -0.2) is 13.2 Å². The Morgan fingerprint density at radius 3 is 2.36 bits per heavy atom. The van der Waals surface area contributed by atoms with Crippen molar-refractivity contribution >= 4 is 16.0 Å². The zero-order chi connectivity index (χ0) is 16.2. The van der Waals surface area contributed by atoms with Gasteiger partial charge in [-0.15, -0.1) is 0 Å². The third-order valence-electron chi connectivity index (χ3n) is 3.63. The van der Waals surface area contributed by atoms with Gasteiger partial charge in [0.05, 0.1) is 17.1 Å². The molecule has 1 fully saturated rings. The van der Waals surface area contributed by atoms with E-state index in [9.17, 15) is 13.2 Å². The van der Waals surface area contributed by atoms with Crippen LogP contribution < -0.4 is 0 Å². The zero-order valence-electron chi connectivity index (χ0n) is 13.1. The maximum absolute atomic E-state index is 12.7. The monoisotopic (exact) mass is 325 g/mol. The molecule has 0 unspecified atom stereocenters. The minimum Gasteiger partial charge on any atom is -0.462 e. The lowest BCUT2D eigenvalue weighted by molar-refractivity contribution is 0.0526. The van der Waals surface area contributed by atoms with Crippen LogP contribution in [0.25, 0.3) is 0 Å². The lowest BCUT2D eigenvalue weighted by Crippen LogP contribution is -2.33. The zero-order valence-corrected chi connectivity index (χ0v) is 13.9. The van der Waals surface area contributed by atoms with Gasteiger partial charge in [-0.3, -0.25) is 0 Å². The predicted octanol–water partition coefficient (Wildman–Crippen LogP) is 2.67. The highest BCUT2D eigenvalue weighted by atomic mass is 32.2. The lowest BCUT2D eigenvalue weighted by Gasteiger charge is -2.21. The summed E-state index contributed by atoms with van der Waals surface area (Å²) in [5, 5.41) is 0. The molecule has 0 atom stereocenters. The van der Waals surface area contributed by atoms with E-state index in [1.807, 2.05) is 6.92 Å². The number of hydrogen-bond donors (Lipinski definition) is 0. The van der Waals surface area contributed by atoms with E-state index in [1.54, 1.807) is 11.2 Å². The van der Waals surface area contributed by atoms with E-state index in [2.05, 4.69) is 0 Å². The summed E-state index contributed by atoms with van der Waals surface area (Å²) >= 11 is 0. The molecule has 0 spiro atoms. The molecule has 0 radical (unpaired) electrons. The number of hydrogen-bond acceptors (Lipinski definition) is 4. The predicted molar refractivity (Wildman–Crippen MR) is 84.2 cm³/mol. The van der Waals surface area contributed by atoms with Crippen molar-refractivity contribution in [3.63, 3.8) is 0 Å². The van der Waals surface area contributed by atoms with Gasteiger partial charge in [0.15, 0.2) is 0 Å². The number of sulfonamides is 1. The molecule has 0 heterocycles. The van der Waals surface area contributed by atoms with Gasteiger partial charge in [-0.05, 0) is 56.4 Å². The fourth-order valence-electron chi connectivity index (χ4n) is 2.27. The number of carbonyl (C=O) groups is 1. The Bertz CT molecular complexity index is 606. The van der Waals surface area contributed by atoms with Gasteiger partial charge in [0.25, 0.3) is 0 Å². The summed E-state index contributed by atoms with van der Waals surface area (Å²) in [5.74, 6) is 0.0648. The van der Waals surface area contributed by atoms with Gasteiger partial charge in [0.1, 0.15) is 0 Å². The molecule has 1 aromatic carbocycles. The standard InChI is InChI=1S/C16H23NO4S/c1-3-11-17(12-13-5-6-13)22(19,20)15-9-7-14(8-10-15)16(18)21-4-2/h7-10,13H,3-6,11-12H2,1-2H3. The molecule has 1 aromatic rings. The average molecular weight is 325 g/mol. The molecular weight excluding hydrogens is 302 g/mol. The van der Waals surface area contributed by atoms with E-state index in [4.69, 9.17) is 4.74 Å². The number of carbonyl (C=O) groups excluding carboxylic acids is 1. The second-order valence-electron chi connectivity index (χ2n) is 5.55. The number of nitrogens with zero attached hydrogens (tertiary/aromatic N) is 1. The normalized spacial score (nSPS) is 15.0. The summed E-state index contributed by atoms with van der Waals surface area (Å²) < 4.78 is 31.9. The van der Waals surface area contributed by atoms with Crippen molar-refractivity contribution in [1.82, 2.24) is 4.31 Å². The molecule has 22 heavy (non-hydrogen) atoms. The number of ether oxygens (including phenoxy) is 1. The first-order chi connectivity index (χ1) is 10.5. The van der Waals surface area contributed by atoms with Crippen LogP contribution in [0, 0.1) is 5.92 Å². The van der Waals surface area contributed by atoms with Crippen LogP contribution in [0.4, 0.5) is 0 Å². The number of benzene rings is 1. The van der Waals surface area contributed by atoms with E-state index in [-0.39, 0.29) is 4.90 Å². The molecule has 2 rings (SSSR count). The van der Waals surface area contributed by atoms with E-state index in [0.29, 0.717) is 31.2 Å². The molecule has 0 N–H and O–H groups in total. The Morgan fingerprint density at radius 2 is 1.86 bits per heavy atom. The Kier molecular flexibility index (Phi) is 5.58. The maximum atomic E-state index is 12.7. The van der Waals surface area contributed by atoms with Crippen LogP contribution in [-0.2, 0) is 14.8 Å². The van der Waals surface area contributed by atoms with Crippen LogP contribution in [0.1, 0.15) is 43.5 Å². The topological polar surface area (TPSA) is 63.7 Å². The summed E-state index contributed by atoms with van der Waals surface area (Å²) in [6.07, 6.45) is 3.00. The molecule has 5 nitrogen and oxygen atoms in total. The molecule has 0 bridgehead atoms. The molecular formula is C16H23NO4S. The molecule has 0 amide bonds. The van der Waals surface area contributed by atoms with Crippen molar-refractivity contribution in [3.8, 4) is 0 Å². The van der Waals surface area contributed by atoms with E-state index >= 15 is 0 Å². The van der Waals surface area contributed by atoms with Crippen LogP contribution in [0.3, 0.4) is 0 Å². The number of rotatable bonds is 8. The fourth-order valence-corrected chi connectivity index (χ4v) is 3.88. The molecule has 6 heteroatoms. The lowest BCUT2D eigenvalue weighted by atomic mass is 10.2. The van der Waals surface area contributed by atoms with Crippen LogP contribution in [0.2, 0.25) is 0 Å². The first kappa shape index (κ1) is 17.0. The third-order valence-corrected chi connectivity index (χ3v) is 5.51. The minimum absolute atomic E-state index is 0.231. The summed E-state index contributed by atoms with van der Waals surface area (Å²) in [6, 6.07) is 5.98. The number of esters is 1. The second kappa shape index (κ2) is 7.24. The van der Waals surface area contributed by atoms with Crippen molar-refractivity contribution in [2.75, 3.05) is 19.7 Å². The van der Waals surface area contributed by atoms with Gasteiger partial charge in [-0.2, -0.15) is 4.31 Å². The molecule has 0 aromatic heterocycles. The second-order valence-corrected chi connectivity index (χ2v) is 7.49. The molecule has 0 saturated heterocycles. The van der Waals surface area contributed by atoms with Crippen molar-refractivity contribution in [1.29, 1.82) is 0 Å². The first-order valence-corrected chi connectivity index (χ1v) is 9.20. The smallest absolute Gasteiger partial charge is 0.338 e. The van der Waals surface area contributed by atoms with Crippen molar-refractivity contribution in [3.05, 3.63) is 29.8 Å². The third kappa shape index (κ3) is 4.08. The van der Waals surface area contributed by atoms with Gasteiger partial charge in [0.2, 0.25) is 10.0 Å². The summed E-state index contributed by atoms with van der Waals surface area (Å²) in [5.41, 5.74) is 0.366. The minimum atomic E-state index is -3.49. The molecule has 1 saturated carbocycles. The maximum Gasteiger partial charge on any atom is 0.338 e. The Hall–Kier alpha value is -1.40. The van der Waals surface area contributed by atoms with E-state index in [0.717, 1.165) is 19.3 Å². The quantitative estimate of drug-likeness (QED) is 0.689. The van der Waals surface area contributed by atoms with Gasteiger partial charge in [-0.1, -0.05) is 6.92 Å². The highest BCUT2D eigenvalue weighted by Gasteiger charge is 2.31. The Labute approximate surface area is 132 Å². The SMILES string of the molecule is CCCN(CC1CC1)S(=O)(=O)c1ccc(C(=O)OCC)cc1. The Morgan fingerprint density at radius 1 is 1.23 bits per heavy atom. The molecule has 1 aliphatic carbocycles. The van der Waals surface area contributed by atoms with Crippen molar-refractivity contribution < 1.29 is 17.9 Å². The van der Waals surface area contributed by atoms with Crippen LogP contribution >= 0.6 is 0 Å². The van der Waals surface area contributed by atoms with Crippen LogP contribution in [0.5, 0.6) is 0 Å². The molecule has 0 aliphatic heterocycles. The van der Waals surface area contributed by atoms with Crippen molar-refractivity contribution in [2.45, 2.75) is 38.0 Å². The van der Waals surface area contributed by atoms with Crippen molar-refractivity contribution in [2.24, 2.45) is 5.92 Å². The summed E-state index contributed by atoms with van der Waals surface area (Å²) in [6.45, 7) is 5.12. The highest BCUT2D eigenvalue weighted by Crippen LogP contribution is 2.31. The summed E-state index contributed by atoms with van der Waals surface area (Å²) in [7, 11) is -3.49. The molecule has 1 aliphatic rings. The first-order valence-electron chi connectivity index (χ1n) is 7.76. The van der Waals surface area contributed by atoms with Gasteiger partial charge < -0.3 is 4.74 Å². The van der Waals surface area contributed by atoms with E-state index in [1.165, 1.54) is 24.3 Å². The van der Waals surface area contributed by atoms with Crippen LogP contribution in [-0.4, -0.2) is 38.4 Å². The van der Waals surface area contributed by atoms with Gasteiger partial charge in [0, 0.05) is 13.1 Å². The van der Waals surface area contributed by atoms with E-state index < -0.39 is 16.0 Å². The average Bonchev–Trinajstić information content (AvgIpc) is 3.31. The molecule has 122 valence electrons. The Balaban J connectivity index is 2.18. The highest BCUT2D eigenvalue weighted by molar-refractivity contribution is 7.89.